The molecule has 0 aliphatic carbocycles. The third-order valence-corrected chi connectivity index (χ3v) is 2.81. The molecule has 0 unspecified atom stereocenters. The smallest absolute Gasteiger partial charge is 0.151 e. The van der Waals surface area contributed by atoms with Gasteiger partial charge in [-0.1, -0.05) is 36.5 Å². The highest BCUT2D eigenvalue weighted by Gasteiger charge is 2.02. The van der Waals surface area contributed by atoms with E-state index in [1.807, 2.05) is 30.3 Å². The van der Waals surface area contributed by atoms with Gasteiger partial charge >= 0.3 is 0 Å². The zero-order valence-electron chi connectivity index (χ0n) is 8.80. The summed E-state index contributed by atoms with van der Waals surface area (Å²) in [5.74, 6) is 0. The van der Waals surface area contributed by atoms with Crippen molar-refractivity contribution in [3.63, 3.8) is 0 Å². The van der Waals surface area contributed by atoms with Crippen molar-refractivity contribution in [3.05, 3.63) is 65.7 Å². The minimum absolute atomic E-state index is 0.538. The van der Waals surface area contributed by atoms with E-state index in [9.17, 15) is 4.79 Å². The van der Waals surface area contributed by atoms with Crippen molar-refractivity contribution in [1.82, 2.24) is 0 Å². The lowest BCUT2D eigenvalue weighted by Gasteiger charge is -2.03. The zero-order chi connectivity index (χ0) is 11.8. The maximum absolute atomic E-state index is 10.8. The van der Waals surface area contributed by atoms with Crippen molar-refractivity contribution in [2.45, 2.75) is 4.90 Å². The molecule has 0 heterocycles. The van der Waals surface area contributed by atoms with E-state index in [0.717, 1.165) is 11.2 Å². The summed E-state index contributed by atoms with van der Waals surface area (Å²) >= 11 is 1.46. The van der Waals surface area contributed by atoms with Crippen LogP contribution in [-0.2, 0) is 4.79 Å². The molecule has 0 aliphatic heterocycles. The van der Waals surface area contributed by atoms with E-state index >= 15 is 0 Å². The molecule has 0 atom stereocenters. The summed E-state index contributed by atoms with van der Waals surface area (Å²) in [6.07, 6.45) is 5.41. The van der Waals surface area contributed by atoms with Gasteiger partial charge in [0.2, 0.25) is 0 Å². The number of allylic oxidation sites excluding steroid dienone is 3. The largest absolute Gasteiger partial charge is 0.405 e. The van der Waals surface area contributed by atoms with Crippen LogP contribution < -0.4 is 5.73 Å². The predicted octanol–water partition coefficient (Wildman–Crippen LogP) is 2.89. The molecular weight excluding hydrogens is 218 g/mol. The number of carbonyl (C=O) groups is 1. The van der Waals surface area contributed by atoms with Gasteiger partial charge in [-0.05, 0) is 30.5 Å². The second-order valence-corrected chi connectivity index (χ2v) is 4.13. The fourth-order valence-electron chi connectivity index (χ4n) is 1.05. The number of carbonyl (C=O) groups excluding carboxylic acids is 1. The SMILES string of the molecule is C=C(Sc1ccccc1)/C(C=O)=C\C=C/N. The molecule has 0 saturated heterocycles. The van der Waals surface area contributed by atoms with Gasteiger partial charge in [0.1, 0.15) is 0 Å². The summed E-state index contributed by atoms with van der Waals surface area (Å²) in [4.78, 5) is 12.6. The van der Waals surface area contributed by atoms with Crippen LogP contribution in [0.5, 0.6) is 0 Å². The molecule has 0 saturated carbocycles. The first-order valence-corrected chi connectivity index (χ1v) is 5.55. The van der Waals surface area contributed by atoms with E-state index in [0.29, 0.717) is 10.5 Å². The van der Waals surface area contributed by atoms with Crippen LogP contribution in [0.25, 0.3) is 0 Å². The highest BCUT2D eigenvalue weighted by atomic mass is 32.2. The van der Waals surface area contributed by atoms with Crippen LogP contribution in [-0.4, -0.2) is 6.29 Å². The topological polar surface area (TPSA) is 43.1 Å². The number of aldehydes is 1. The normalized spacial score (nSPS) is 11.6. The summed E-state index contributed by atoms with van der Waals surface area (Å²) in [6.45, 7) is 3.86. The lowest BCUT2D eigenvalue weighted by Crippen LogP contribution is -1.86. The highest BCUT2D eigenvalue weighted by molar-refractivity contribution is 8.03. The van der Waals surface area contributed by atoms with E-state index < -0.39 is 0 Å². The third-order valence-electron chi connectivity index (χ3n) is 1.82. The first-order valence-electron chi connectivity index (χ1n) is 4.74. The molecule has 2 N–H and O–H groups in total. The maximum atomic E-state index is 10.8. The Kier molecular flexibility index (Phi) is 5.16. The summed E-state index contributed by atoms with van der Waals surface area (Å²) in [5.41, 5.74) is 5.74. The Morgan fingerprint density at radius 1 is 1.31 bits per heavy atom. The second-order valence-electron chi connectivity index (χ2n) is 2.96. The molecule has 3 heteroatoms. The molecule has 1 aromatic rings. The number of hydrogen-bond donors (Lipinski definition) is 1. The van der Waals surface area contributed by atoms with Gasteiger partial charge in [0.05, 0.1) is 0 Å². The Bertz CT molecular complexity index is 421. The van der Waals surface area contributed by atoms with E-state index in [-0.39, 0.29) is 0 Å². The predicted molar refractivity (Wildman–Crippen MR) is 68.9 cm³/mol. The van der Waals surface area contributed by atoms with E-state index in [4.69, 9.17) is 5.73 Å². The number of hydrogen-bond acceptors (Lipinski definition) is 3. The van der Waals surface area contributed by atoms with E-state index in [1.165, 1.54) is 18.0 Å². The molecule has 2 nitrogen and oxygen atoms in total. The van der Waals surface area contributed by atoms with Gasteiger partial charge in [-0.15, -0.1) is 0 Å². The van der Waals surface area contributed by atoms with Gasteiger partial charge < -0.3 is 5.73 Å². The van der Waals surface area contributed by atoms with Crippen LogP contribution in [0.15, 0.2) is 70.6 Å². The lowest BCUT2D eigenvalue weighted by atomic mass is 10.2. The Hall–Kier alpha value is -1.74. The first kappa shape index (κ1) is 12.3. The number of nitrogens with two attached hydrogens (primary N) is 1. The Balaban J connectivity index is 2.75. The molecule has 0 bridgehead atoms. The zero-order valence-corrected chi connectivity index (χ0v) is 9.61. The molecule has 0 aromatic heterocycles. The van der Waals surface area contributed by atoms with Crippen molar-refractivity contribution >= 4 is 18.0 Å². The highest BCUT2D eigenvalue weighted by Crippen LogP contribution is 2.29. The second kappa shape index (κ2) is 6.69. The summed E-state index contributed by atoms with van der Waals surface area (Å²) < 4.78 is 0. The lowest BCUT2D eigenvalue weighted by molar-refractivity contribution is -0.104. The van der Waals surface area contributed by atoms with Crippen LogP contribution in [0.1, 0.15) is 0 Å². The standard InChI is InChI=1S/C13H13NOS/c1-11(12(10-15)6-5-9-14)16-13-7-3-2-4-8-13/h2-10H,1,14H2/b9-5-,12-6-. The van der Waals surface area contributed by atoms with Crippen LogP contribution in [0.2, 0.25) is 0 Å². The quantitative estimate of drug-likeness (QED) is 0.367. The first-order chi connectivity index (χ1) is 7.77. The summed E-state index contributed by atoms with van der Waals surface area (Å²) in [6, 6.07) is 9.77. The molecule has 82 valence electrons. The number of thioether (sulfide) groups is 1. The van der Waals surface area contributed by atoms with Gasteiger partial charge in [0, 0.05) is 15.4 Å². The van der Waals surface area contributed by atoms with Crippen molar-refractivity contribution in [2.24, 2.45) is 5.73 Å². The Labute approximate surface area is 99.5 Å². The van der Waals surface area contributed by atoms with Gasteiger partial charge in [-0.25, -0.2) is 0 Å². The Morgan fingerprint density at radius 3 is 2.56 bits per heavy atom. The van der Waals surface area contributed by atoms with Gasteiger partial charge in [0.25, 0.3) is 0 Å². The van der Waals surface area contributed by atoms with Crippen molar-refractivity contribution in [2.75, 3.05) is 0 Å². The monoisotopic (exact) mass is 231 g/mol. The molecule has 0 amide bonds. The van der Waals surface area contributed by atoms with Crippen LogP contribution in [0.4, 0.5) is 0 Å². The average molecular weight is 231 g/mol. The van der Waals surface area contributed by atoms with Gasteiger partial charge in [-0.3, -0.25) is 4.79 Å². The Morgan fingerprint density at radius 2 is 2.00 bits per heavy atom. The molecular formula is C13H13NOS. The van der Waals surface area contributed by atoms with Crippen LogP contribution >= 0.6 is 11.8 Å². The van der Waals surface area contributed by atoms with Crippen molar-refractivity contribution < 1.29 is 4.79 Å². The number of benzene rings is 1. The summed E-state index contributed by atoms with van der Waals surface area (Å²) in [5, 5.41) is 0. The molecule has 1 aromatic carbocycles. The van der Waals surface area contributed by atoms with Crippen LogP contribution in [0.3, 0.4) is 0 Å². The van der Waals surface area contributed by atoms with Crippen LogP contribution in [0, 0.1) is 0 Å². The molecule has 0 spiro atoms. The van der Waals surface area contributed by atoms with Crippen molar-refractivity contribution in [3.8, 4) is 0 Å². The van der Waals surface area contributed by atoms with Crippen molar-refractivity contribution in [1.29, 1.82) is 0 Å². The maximum Gasteiger partial charge on any atom is 0.151 e. The van der Waals surface area contributed by atoms with E-state index in [2.05, 4.69) is 6.58 Å². The fraction of sp³-hybridized carbons (Fsp3) is 0. The van der Waals surface area contributed by atoms with Gasteiger partial charge in [-0.2, -0.15) is 0 Å². The van der Waals surface area contributed by atoms with Gasteiger partial charge in [0.15, 0.2) is 6.29 Å². The number of rotatable bonds is 5. The molecule has 0 radical (unpaired) electrons. The van der Waals surface area contributed by atoms with E-state index in [1.54, 1.807) is 12.2 Å². The minimum Gasteiger partial charge on any atom is -0.405 e. The fourth-order valence-corrected chi connectivity index (χ4v) is 1.86. The minimum atomic E-state index is 0.538. The molecule has 0 fully saturated rings. The summed E-state index contributed by atoms with van der Waals surface area (Å²) in [7, 11) is 0. The third kappa shape index (κ3) is 3.79. The average Bonchev–Trinajstić information content (AvgIpc) is 2.31. The molecule has 16 heavy (non-hydrogen) atoms. The molecule has 0 aliphatic rings. The molecule has 1 rings (SSSR count).